The second-order valence-corrected chi connectivity index (χ2v) is 5.52. The third-order valence-corrected chi connectivity index (χ3v) is 4.24. The normalized spacial score (nSPS) is 10.4. The quantitative estimate of drug-likeness (QED) is 0.462. The van der Waals surface area contributed by atoms with E-state index in [0.29, 0.717) is 0 Å². The molecule has 0 saturated heterocycles. The van der Waals surface area contributed by atoms with Gasteiger partial charge in [-0.15, -0.1) is 11.8 Å². The van der Waals surface area contributed by atoms with Gasteiger partial charge in [0.15, 0.2) is 0 Å². The Balaban J connectivity index is 2.29. The van der Waals surface area contributed by atoms with Gasteiger partial charge in [-0.1, -0.05) is 31.2 Å². The molecular weight excluding hydrogens is 282 g/mol. The number of nitrogens with one attached hydrogen (secondary N) is 1. The predicted octanol–water partition coefficient (Wildman–Crippen LogP) is 4.10. The van der Waals surface area contributed by atoms with Gasteiger partial charge in [-0.25, -0.2) is 0 Å². The molecule has 0 atom stereocenters. The van der Waals surface area contributed by atoms with Gasteiger partial charge >= 0.3 is 0 Å². The minimum atomic E-state index is 0.922. The molecular formula is C13H18BrNS. The third-order valence-electron chi connectivity index (χ3n) is 2.07. The topological polar surface area (TPSA) is 12.0 Å². The van der Waals surface area contributed by atoms with Crippen LogP contribution in [0.2, 0.25) is 0 Å². The number of hydrogen-bond donors (Lipinski definition) is 1. The number of hydrogen-bond acceptors (Lipinski definition) is 2. The molecule has 0 saturated carbocycles. The van der Waals surface area contributed by atoms with E-state index in [1.165, 1.54) is 16.9 Å². The highest BCUT2D eigenvalue weighted by molar-refractivity contribution is 9.10. The Bertz CT molecular complexity index is 338. The first-order valence-electron chi connectivity index (χ1n) is 5.48. The van der Waals surface area contributed by atoms with E-state index in [4.69, 9.17) is 0 Å². The van der Waals surface area contributed by atoms with Crippen LogP contribution in [0, 0.1) is 0 Å². The second-order valence-electron chi connectivity index (χ2n) is 3.65. The lowest BCUT2D eigenvalue weighted by atomic mass is 10.3. The summed E-state index contributed by atoms with van der Waals surface area (Å²) in [6.07, 6.45) is 1.17. The fraction of sp³-hybridized carbons (Fsp3) is 0.385. The van der Waals surface area contributed by atoms with Crippen molar-refractivity contribution in [3.8, 4) is 0 Å². The molecule has 0 aromatic heterocycles. The monoisotopic (exact) mass is 299 g/mol. The summed E-state index contributed by atoms with van der Waals surface area (Å²) in [6.45, 7) is 8.23. The third kappa shape index (κ3) is 5.19. The summed E-state index contributed by atoms with van der Waals surface area (Å²) in [6, 6.07) is 8.29. The molecule has 0 aliphatic rings. The van der Waals surface area contributed by atoms with Crippen LogP contribution in [0.1, 0.15) is 13.3 Å². The van der Waals surface area contributed by atoms with Crippen molar-refractivity contribution < 1.29 is 0 Å². The van der Waals surface area contributed by atoms with Crippen LogP contribution in [-0.2, 0) is 0 Å². The maximum Gasteiger partial charge on any atom is 0.0311 e. The lowest BCUT2D eigenvalue weighted by molar-refractivity contribution is 0.716. The van der Waals surface area contributed by atoms with E-state index < -0.39 is 0 Å². The molecule has 1 aromatic carbocycles. The summed E-state index contributed by atoms with van der Waals surface area (Å²) in [4.78, 5) is 1.28. The van der Waals surface area contributed by atoms with Gasteiger partial charge in [0.25, 0.3) is 0 Å². The van der Waals surface area contributed by atoms with Crippen LogP contribution in [0.25, 0.3) is 0 Å². The maximum absolute atomic E-state index is 4.07. The number of rotatable bonds is 7. The van der Waals surface area contributed by atoms with Gasteiger partial charge < -0.3 is 5.32 Å². The number of halogens is 1. The summed E-state index contributed by atoms with van der Waals surface area (Å²) < 4.78 is 1.16. The molecule has 0 radical (unpaired) electrons. The van der Waals surface area contributed by atoms with Crippen LogP contribution >= 0.6 is 27.7 Å². The maximum atomic E-state index is 4.07. The van der Waals surface area contributed by atoms with E-state index in [9.17, 15) is 0 Å². The van der Waals surface area contributed by atoms with Crippen LogP contribution in [0.4, 0.5) is 0 Å². The molecule has 0 aliphatic carbocycles. The fourth-order valence-corrected chi connectivity index (χ4v) is 2.71. The summed E-state index contributed by atoms with van der Waals surface area (Å²) in [7, 11) is 0. The zero-order chi connectivity index (χ0) is 11.8. The Kier molecular flexibility index (Phi) is 6.85. The van der Waals surface area contributed by atoms with Crippen molar-refractivity contribution in [3.63, 3.8) is 0 Å². The number of benzene rings is 1. The molecule has 0 aliphatic heterocycles. The predicted molar refractivity (Wildman–Crippen MR) is 77.2 cm³/mol. The van der Waals surface area contributed by atoms with Crippen molar-refractivity contribution >= 4 is 27.7 Å². The summed E-state index contributed by atoms with van der Waals surface area (Å²) in [5.74, 6) is 0.972. The Morgan fingerprint density at radius 2 is 2.19 bits per heavy atom. The molecule has 1 nitrogen and oxygen atoms in total. The molecule has 3 heteroatoms. The Labute approximate surface area is 111 Å². The largest absolute Gasteiger partial charge is 0.313 e. The highest BCUT2D eigenvalue weighted by Gasteiger charge is 2.00. The molecule has 0 heterocycles. The van der Waals surface area contributed by atoms with Gasteiger partial charge in [-0.3, -0.25) is 0 Å². The molecule has 0 unspecified atom stereocenters. The van der Waals surface area contributed by atoms with Gasteiger partial charge in [0.1, 0.15) is 0 Å². The van der Waals surface area contributed by atoms with E-state index in [1.807, 2.05) is 17.8 Å². The van der Waals surface area contributed by atoms with Crippen LogP contribution in [0.3, 0.4) is 0 Å². The van der Waals surface area contributed by atoms with Crippen molar-refractivity contribution in [2.45, 2.75) is 18.2 Å². The van der Waals surface area contributed by atoms with E-state index in [1.54, 1.807) is 0 Å². The number of thioether (sulfide) groups is 1. The molecule has 0 fully saturated rings. The Hall–Kier alpha value is -0.250. The fourth-order valence-electron chi connectivity index (χ4n) is 1.23. The van der Waals surface area contributed by atoms with Crippen LogP contribution in [0.15, 0.2) is 45.8 Å². The van der Waals surface area contributed by atoms with Gasteiger partial charge in [0.05, 0.1) is 0 Å². The van der Waals surface area contributed by atoms with E-state index in [-0.39, 0.29) is 0 Å². The average Bonchev–Trinajstić information content (AvgIpc) is 2.28. The molecule has 88 valence electrons. The smallest absolute Gasteiger partial charge is 0.0311 e. The second kappa shape index (κ2) is 7.93. The van der Waals surface area contributed by atoms with Gasteiger partial charge in [-0.2, -0.15) is 0 Å². The molecule has 1 N–H and O–H groups in total. The van der Waals surface area contributed by atoms with Crippen LogP contribution in [0.5, 0.6) is 0 Å². The molecule has 16 heavy (non-hydrogen) atoms. The van der Waals surface area contributed by atoms with E-state index in [2.05, 4.69) is 52.9 Å². The first-order chi connectivity index (χ1) is 7.74. The van der Waals surface area contributed by atoms with Crippen molar-refractivity contribution in [1.82, 2.24) is 5.32 Å². The standard InChI is InChI=1S/C13H18BrNS/c1-3-8-15-9-11(2)10-16-13-7-5-4-6-12(13)14/h4-7,15H,2-3,8-10H2,1H3. The summed E-state index contributed by atoms with van der Waals surface area (Å²) in [5.41, 5.74) is 1.24. The lowest BCUT2D eigenvalue weighted by Gasteiger charge is -2.07. The highest BCUT2D eigenvalue weighted by Crippen LogP contribution is 2.27. The summed E-state index contributed by atoms with van der Waals surface area (Å²) in [5, 5.41) is 3.36. The zero-order valence-electron chi connectivity index (χ0n) is 9.63. The Morgan fingerprint density at radius 1 is 1.44 bits per heavy atom. The average molecular weight is 300 g/mol. The molecule has 0 spiro atoms. The minimum Gasteiger partial charge on any atom is -0.313 e. The SMILES string of the molecule is C=C(CNCCC)CSc1ccccc1Br. The van der Waals surface area contributed by atoms with Gasteiger partial charge in [0.2, 0.25) is 0 Å². The van der Waals surface area contributed by atoms with Gasteiger partial charge in [0, 0.05) is 21.7 Å². The highest BCUT2D eigenvalue weighted by atomic mass is 79.9. The first-order valence-corrected chi connectivity index (χ1v) is 7.26. The zero-order valence-corrected chi connectivity index (χ0v) is 12.0. The first kappa shape index (κ1) is 13.8. The van der Waals surface area contributed by atoms with Crippen molar-refractivity contribution in [2.24, 2.45) is 0 Å². The molecule has 0 amide bonds. The van der Waals surface area contributed by atoms with E-state index >= 15 is 0 Å². The lowest BCUT2D eigenvalue weighted by Crippen LogP contribution is -2.18. The van der Waals surface area contributed by atoms with Crippen molar-refractivity contribution in [3.05, 3.63) is 40.9 Å². The minimum absolute atomic E-state index is 0.922. The van der Waals surface area contributed by atoms with Crippen molar-refractivity contribution in [1.29, 1.82) is 0 Å². The molecule has 0 bridgehead atoms. The van der Waals surface area contributed by atoms with Crippen LogP contribution in [-0.4, -0.2) is 18.8 Å². The van der Waals surface area contributed by atoms with E-state index in [0.717, 1.165) is 23.3 Å². The van der Waals surface area contributed by atoms with Gasteiger partial charge in [-0.05, 0) is 41.0 Å². The van der Waals surface area contributed by atoms with Crippen molar-refractivity contribution in [2.75, 3.05) is 18.8 Å². The Morgan fingerprint density at radius 3 is 2.88 bits per heavy atom. The molecule has 1 rings (SSSR count). The summed E-state index contributed by atoms with van der Waals surface area (Å²) >= 11 is 5.37. The van der Waals surface area contributed by atoms with Crippen LogP contribution < -0.4 is 5.32 Å². The molecule has 1 aromatic rings.